The Bertz CT molecular complexity index is 1160. The lowest BCUT2D eigenvalue weighted by atomic mass is 10.0. The van der Waals surface area contributed by atoms with Gasteiger partial charge < -0.3 is 9.84 Å². The number of hydrogen-bond donors (Lipinski definition) is 1. The van der Waals surface area contributed by atoms with E-state index >= 15 is 0 Å². The monoisotopic (exact) mass is 418 g/mol. The molecule has 0 atom stereocenters. The first-order chi connectivity index (χ1) is 15.0. The molecule has 2 aliphatic heterocycles. The van der Waals surface area contributed by atoms with Gasteiger partial charge in [-0.3, -0.25) is 19.8 Å². The van der Waals surface area contributed by atoms with E-state index in [1.54, 1.807) is 24.3 Å². The van der Waals surface area contributed by atoms with Crippen molar-refractivity contribution in [3.63, 3.8) is 0 Å². The van der Waals surface area contributed by atoms with Crippen molar-refractivity contribution in [3.8, 4) is 11.5 Å². The lowest BCUT2D eigenvalue weighted by Gasteiger charge is -2.27. The fourth-order valence-electron chi connectivity index (χ4n) is 4.52. The highest BCUT2D eigenvalue weighted by Crippen LogP contribution is 2.41. The molecule has 0 spiro atoms. The number of fused-ring (bicyclic) bond motifs is 2. The molecule has 0 aromatic heterocycles. The first kappa shape index (κ1) is 19.5. The molecule has 5 rings (SSSR count). The highest BCUT2D eigenvalue weighted by atomic mass is 16.6. The number of phenols is 1. The minimum atomic E-state index is -0.425. The van der Waals surface area contributed by atoms with E-state index in [9.17, 15) is 20.0 Å². The molecule has 0 radical (unpaired) electrons. The summed E-state index contributed by atoms with van der Waals surface area (Å²) >= 11 is 0. The zero-order valence-electron chi connectivity index (χ0n) is 17.0. The largest absolute Gasteiger partial charge is 0.507 e. The van der Waals surface area contributed by atoms with Gasteiger partial charge in [0.25, 0.3) is 5.69 Å². The molecule has 0 amide bonds. The van der Waals surface area contributed by atoms with Crippen molar-refractivity contribution in [2.45, 2.75) is 32.2 Å². The Morgan fingerprint density at radius 3 is 2.71 bits per heavy atom. The highest BCUT2D eigenvalue weighted by Gasteiger charge is 2.32. The second-order valence-corrected chi connectivity index (χ2v) is 8.18. The molecule has 1 fully saturated rings. The fraction of sp³-hybridized carbons (Fsp3) is 0.292. The van der Waals surface area contributed by atoms with Gasteiger partial charge in [0.15, 0.2) is 5.76 Å². The van der Waals surface area contributed by atoms with Crippen molar-refractivity contribution in [2.24, 2.45) is 0 Å². The maximum atomic E-state index is 13.0. The van der Waals surface area contributed by atoms with Crippen molar-refractivity contribution >= 4 is 17.0 Å². The summed E-state index contributed by atoms with van der Waals surface area (Å²) in [5.74, 6) is 0.472. The van der Waals surface area contributed by atoms with E-state index in [0.29, 0.717) is 29.8 Å². The smallest absolute Gasteiger partial charge is 0.270 e. The Labute approximate surface area is 179 Å². The molecule has 158 valence electrons. The molecule has 1 N–H and O–H groups in total. The summed E-state index contributed by atoms with van der Waals surface area (Å²) in [4.78, 5) is 26.0. The Kier molecular flexibility index (Phi) is 4.82. The maximum Gasteiger partial charge on any atom is 0.270 e. The Balaban J connectivity index is 1.46. The van der Waals surface area contributed by atoms with Crippen LogP contribution in [0, 0.1) is 10.1 Å². The topological polar surface area (TPSA) is 92.9 Å². The molecule has 0 saturated carbocycles. The standard InChI is InChI=1S/C24H22N2O5/c27-21-9-8-18-23(28)22(31-24(18)20(21)14-25-10-2-1-3-11-25)12-16-5-4-15-6-7-17(26(29)30)13-19(15)16/h5-9,12-13,27H,1-4,10-11,14H2/b22-12-. The number of aromatic hydroxyl groups is 1. The summed E-state index contributed by atoms with van der Waals surface area (Å²) in [6.07, 6.45) is 7.70. The van der Waals surface area contributed by atoms with Gasteiger partial charge in [-0.1, -0.05) is 18.6 Å². The quantitative estimate of drug-likeness (QED) is 0.450. The van der Waals surface area contributed by atoms with E-state index in [1.807, 2.05) is 6.08 Å². The summed E-state index contributed by atoms with van der Waals surface area (Å²) in [5, 5.41) is 21.6. The summed E-state index contributed by atoms with van der Waals surface area (Å²) in [6, 6.07) is 7.92. The molecule has 1 aliphatic carbocycles. The number of nitrogens with zero attached hydrogens (tertiary/aromatic N) is 2. The predicted octanol–water partition coefficient (Wildman–Crippen LogP) is 4.39. The number of carbonyl (C=O) groups excluding carboxylic acids is 1. The van der Waals surface area contributed by atoms with Crippen LogP contribution in [0.2, 0.25) is 0 Å². The van der Waals surface area contributed by atoms with Gasteiger partial charge in [-0.15, -0.1) is 0 Å². The number of ether oxygens (including phenoxy) is 1. The molecule has 2 aromatic rings. The van der Waals surface area contributed by atoms with Crippen LogP contribution in [-0.2, 0) is 13.0 Å². The Morgan fingerprint density at radius 2 is 1.94 bits per heavy atom. The highest BCUT2D eigenvalue weighted by molar-refractivity contribution is 6.14. The zero-order chi connectivity index (χ0) is 21.5. The molecule has 0 unspecified atom stereocenters. The summed E-state index contributed by atoms with van der Waals surface area (Å²) < 4.78 is 5.98. The average Bonchev–Trinajstić information content (AvgIpc) is 3.32. The number of non-ortho nitro benzene ring substituents is 1. The number of nitro benzene ring substituents is 1. The van der Waals surface area contributed by atoms with Crippen LogP contribution in [0.3, 0.4) is 0 Å². The molecule has 31 heavy (non-hydrogen) atoms. The van der Waals surface area contributed by atoms with Crippen molar-refractivity contribution in [1.82, 2.24) is 4.90 Å². The fourth-order valence-corrected chi connectivity index (χ4v) is 4.52. The van der Waals surface area contributed by atoms with Crippen LogP contribution in [0.15, 0.2) is 48.2 Å². The van der Waals surface area contributed by atoms with Crippen LogP contribution in [0.25, 0.3) is 5.57 Å². The third-order valence-electron chi connectivity index (χ3n) is 6.19. The number of Topliss-reactive ketones (excluding diaryl/α,β-unsaturated/α-hetero) is 1. The van der Waals surface area contributed by atoms with E-state index in [-0.39, 0.29) is 23.0 Å². The summed E-state index contributed by atoms with van der Waals surface area (Å²) in [5.41, 5.74) is 3.54. The van der Waals surface area contributed by atoms with Crippen molar-refractivity contribution in [2.75, 3.05) is 13.1 Å². The summed E-state index contributed by atoms with van der Waals surface area (Å²) in [6.45, 7) is 2.46. The van der Waals surface area contributed by atoms with E-state index in [2.05, 4.69) is 4.90 Å². The normalized spacial score (nSPS) is 19.2. The number of nitro groups is 1. The third kappa shape index (κ3) is 3.51. The molecule has 1 saturated heterocycles. The number of benzene rings is 2. The number of allylic oxidation sites excluding steroid dienone is 4. The molecular weight excluding hydrogens is 396 g/mol. The van der Waals surface area contributed by atoms with Crippen molar-refractivity contribution in [3.05, 3.63) is 80.6 Å². The number of carbonyl (C=O) groups is 1. The van der Waals surface area contributed by atoms with Gasteiger partial charge in [-0.05, 0) is 67.3 Å². The number of rotatable bonds is 4. The van der Waals surface area contributed by atoms with Gasteiger partial charge in [0, 0.05) is 18.7 Å². The number of likely N-dealkylation sites (tertiary alicyclic amines) is 1. The van der Waals surface area contributed by atoms with Crippen LogP contribution in [0.5, 0.6) is 11.5 Å². The Hall–Kier alpha value is -3.45. The van der Waals surface area contributed by atoms with Crippen molar-refractivity contribution in [1.29, 1.82) is 0 Å². The van der Waals surface area contributed by atoms with Crippen LogP contribution in [-0.4, -0.2) is 33.8 Å². The number of piperidine rings is 1. The van der Waals surface area contributed by atoms with E-state index in [4.69, 9.17) is 4.74 Å². The van der Waals surface area contributed by atoms with Gasteiger partial charge in [-0.2, -0.15) is 0 Å². The molecule has 0 bridgehead atoms. The van der Waals surface area contributed by atoms with E-state index in [1.165, 1.54) is 18.6 Å². The molecule has 7 nitrogen and oxygen atoms in total. The van der Waals surface area contributed by atoms with Crippen LogP contribution in [0.1, 0.15) is 46.3 Å². The third-order valence-corrected chi connectivity index (χ3v) is 6.19. The summed E-state index contributed by atoms with van der Waals surface area (Å²) in [7, 11) is 0. The zero-order valence-corrected chi connectivity index (χ0v) is 17.0. The molecule has 7 heteroatoms. The second kappa shape index (κ2) is 7.67. The van der Waals surface area contributed by atoms with E-state index in [0.717, 1.165) is 42.6 Å². The van der Waals surface area contributed by atoms with Gasteiger partial charge in [0.1, 0.15) is 11.5 Å². The molecule has 3 aliphatic rings. The lowest BCUT2D eigenvalue weighted by molar-refractivity contribution is -0.384. The number of phenolic OH excluding ortho intramolecular Hbond substituents is 1. The molecule has 2 heterocycles. The van der Waals surface area contributed by atoms with Crippen molar-refractivity contribution < 1.29 is 19.6 Å². The second-order valence-electron chi connectivity index (χ2n) is 8.18. The number of hydrogen-bond acceptors (Lipinski definition) is 6. The first-order valence-electron chi connectivity index (χ1n) is 10.5. The minimum Gasteiger partial charge on any atom is -0.507 e. The first-order valence-corrected chi connectivity index (χ1v) is 10.5. The minimum absolute atomic E-state index is 0.0145. The number of ketones is 1. The van der Waals surface area contributed by atoms with Gasteiger partial charge in [0.2, 0.25) is 5.78 Å². The SMILES string of the molecule is O=C1/C(=C/C2=CCc3ccc([N+](=O)[O-])cc32)Oc2c1ccc(O)c2CN1CCCCC1. The molecule has 2 aromatic carbocycles. The Morgan fingerprint density at radius 1 is 1.13 bits per heavy atom. The maximum absolute atomic E-state index is 13.0. The molecular formula is C24H22N2O5. The lowest BCUT2D eigenvalue weighted by Crippen LogP contribution is -2.29. The van der Waals surface area contributed by atoms with E-state index < -0.39 is 4.92 Å². The van der Waals surface area contributed by atoms with Gasteiger partial charge in [0.05, 0.1) is 16.1 Å². The van der Waals surface area contributed by atoms with Crippen LogP contribution >= 0.6 is 0 Å². The van der Waals surface area contributed by atoms with Gasteiger partial charge >= 0.3 is 0 Å². The van der Waals surface area contributed by atoms with Crippen LogP contribution in [0.4, 0.5) is 5.69 Å². The van der Waals surface area contributed by atoms with Crippen LogP contribution < -0.4 is 4.74 Å². The van der Waals surface area contributed by atoms with Gasteiger partial charge in [-0.25, -0.2) is 0 Å². The predicted molar refractivity (Wildman–Crippen MR) is 115 cm³/mol. The average molecular weight is 418 g/mol.